The molecule has 0 aromatic carbocycles. The van der Waals surface area contributed by atoms with E-state index in [4.69, 9.17) is 11.6 Å². The summed E-state index contributed by atoms with van der Waals surface area (Å²) in [5.41, 5.74) is -1.01. The van der Waals surface area contributed by atoms with Crippen LogP contribution in [-0.4, -0.2) is 15.8 Å². The molecule has 0 saturated carbocycles. The lowest BCUT2D eigenvalue weighted by Gasteiger charge is -2.04. The number of carbonyl (C=O) groups excluding carboxylic acids is 1. The minimum atomic E-state index is -0.716. The standard InChI is InChI=1S/C11H6ClN3O5/c12-8-3-2-7(15(18)19)10(13-8)14-11(17)6-1-4-9(16)20-5-6/h1-5H,(H,13,14,17). The average Bonchev–Trinajstić information content (AvgIpc) is 2.39. The summed E-state index contributed by atoms with van der Waals surface area (Å²) in [6.07, 6.45) is 0.939. The molecule has 0 atom stereocenters. The molecule has 0 aliphatic carbocycles. The Morgan fingerprint density at radius 1 is 1.35 bits per heavy atom. The molecule has 2 heterocycles. The Hall–Kier alpha value is -2.74. The van der Waals surface area contributed by atoms with Crippen LogP contribution in [0.1, 0.15) is 10.4 Å². The van der Waals surface area contributed by atoms with Crippen molar-refractivity contribution in [1.29, 1.82) is 0 Å². The van der Waals surface area contributed by atoms with Gasteiger partial charge in [0.05, 0.1) is 10.5 Å². The first kappa shape index (κ1) is 13.7. The summed E-state index contributed by atoms with van der Waals surface area (Å²) >= 11 is 5.63. The zero-order chi connectivity index (χ0) is 14.7. The highest BCUT2D eigenvalue weighted by molar-refractivity contribution is 6.29. The Morgan fingerprint density at radius 2 is 2.10 bits per heavy atom. The Kier molecular flexibility index (Phi) is 3.76. The van der Waals surface area contributed by atoms with Gasteiger partial charge in [-0.15, -0.1) is 0 Å². The molecule has 8 nitrogen and oxygen atoms in total. The maximum Gasteiger partial charge on any atom is 0.335 e. The number of hydrogen-bond donors (Lipinski definition) is 1. The van der Waals surface area contributed by atoms with Crippen molar-refractivity contribution in [3.63, 3.8) is 0 Å². The van der Waals surface area contributed by atoms with E-state index in [-0.39, 0.29) is 16.5 Å². The predicted octanol–water partition coefficient (Wildman–Crippen LogP) is 1.85. The third-order valence-electron chi connectivity index (χ3n) is 2.23. The lowest BCUT2D eigenvalue weighted by atomic mass is 10.3. The zero-order valence-electron chi connectivity index (χ0n) is 9.70. The van der Waals surface area contributed by atoms with E-state index in [1.54, 1.807) is 0 Å². The largest absolute Gasteiger partial charge is 0.430 e. The Labute approximate surface area is 116 Å². The summed E-state index contributed by atoms with van der Waals surface area (Å²) in [5, 5.41) is 13.0. The monoisotopic (exact) mass is 295 g/mol. The normalized spacial score (nSPS) is 10.1. The van der Waals surface area contributed by atoms with Crippen LogP contribution in [0.3, 0.4) is 0 Å². The number of rotatable bonds is 3. The van der Waals surface area contributed by atoms with Crippen molar-refractivity contribution in [2.45, 2.75) is 0 Å². The van der Waals surface area contributed by atoms with Crippen LogP contribution in [0.15, 0.2) is 39.7 Å². The molecule has 2 aromatic rings. The van der Waals surface area contributed by atoms with Crippen LogP contribution in [0, 0.1) is 10.1 Å². The van der Waals surface area contributed by atoms with Gasteiger partial charge < -0.3 is 9.73 Å². The second-order valence-electron chi connectivity index (χ2n) is 3.56. The molecule has 0 spiro atoms. The quantitative estimate of drug-likeness (QED) is 0.525. The molecule has 1 N–H and O–H groups in total. The Bertz CT molecular complexity index is 723. The van der Waals surface area contributed by atoms with E-state index in [9.17, 15) is 19.7 Å². The van der Waals surface area contributed by atoms with Gasteiger partial charge >= 0.3 is 11.3 Å². The van der Waals surface area contributed by atoms with Crippen LogP contribution < -0.4 is 10.9 Å². The Morgan fingerprint density at radius 3 is 2.70 bits per heavy atom. The highest BCUT2D eigenvalue weighted by atomic mass is 35.5. The first-order chi connectivity index (χ1) is 9.47. The molecule has 0 aliphatic heterocycles. The summed E-state index contributed by atoms with van der Waals surface area (Å²) in [7, 11) is 0. The SMILES string of the molecule is O=C(Nc1nc(Cl)ccc1[N+](=O)[O-])c1ccc(=O)oc1. The number of nitrogens with one attached hydrogen (secondary N) is 1. The number of anilines is 1. The van der Waals surface area contributed by atoms with Crippen molar-refractivity contribution >= 4 is 29.0 Å². The van der Waals surface area contributed by atoms with Gasteiger partial charge in [0, 0.05) is 12.1 Å². The first-order valence-corrected chi connectivity index (χ1v) is 5.56. The Balaban J connectivity index is 2.32. The van der Waals surface area contributed by atoms with E-state index >= 15 is 0 Å². The molecule has 0 fully saturated rings. The molecule has 0 radical (unpaired) electrons. The van der Waals surface area contributed by atoms with Gasteiger partial charge in [-0.2, -0.15) is 0 Å². The molecular formula is C11H6ClN3O5. The van der Waals surface area contributed by atoms with E-state index in [1.165, 1.54) is 12.1 Å². The van der Waals surface area contributed by atoms with Crippen molar-refractivity contribution in [3.8, 4) is 0 Å². The number of nitrogens with zero attached hydrogens (tertiary/aromatic N) is 2. The lowest BCUT2D eigenvalue weighted by molar-refractivity contribution is -0.384. The van der Waals surface area contributed by atoms with Gasteiger partial charge in [-0.05, 0) is 12.1 Å². The van der Waals surface area contributed by atoms with Crippen molar-refractivity contribution in [3.05, 3.63) is 61.8 Å². The molecule has 0 bridgehead atoms. The third-order valence-corrected chi connectivity index (χ3v) is 2.44. The van der Waals surface area contributed by atoms with Crippen molar-refractivity contribution < 1.29 is 14.1 Å². The van der Waals surface area contributed by atoms with E-state index in [0.29, 0.717) is 0 Å². The van der Waals surface area contributed by atoms with Crippen LogP contribution in [-0.2, 0) is 0 Å². The molecule has 102 valence electrons. The lowest BCUT2D eigenvalue weighted by Crippen LogP contribution is -2.15. The molecule has 0 saturated heterocycles. The van der Waals surface area contributed by atoms with E-state index in [2.05, 4.69) is 14.7 Å². The molecule has 9 heteroatoms. The smallest absolute Gasteiger partial charge is 0.335 e. The maximum atomic E-state index is 11.8. The number of aromatic nitrogens is 1. The van der Waals surface area contributed by atoms with Gasteiger partial charge in [-0.3, -0.25) is 14.9 Å². The number of halogens is 1. The highest BCUT2D eigenvalue weighted by Crippen LogP contribution is 2.24. The van der Waals surface area contributed by atoms with Crippen molar-refractivity contribution in [1.82, 2.24) is 4.98 Å². The molecule has 2 aromatic heterocycles. The maximum absolute atomic E-state index is 11.8. The summed E-state index contributed by atoms with van der Waals surface area (Å²) in [6.45, 7) is 0. The van der Waals surface area contributed by atoms with Crippen LogP contribution in [0.25, 0.3) is 0 Å². The minimum Gasteiger partial charge on any atom is -0.430 e. The fraction of sp³-hybridized carbons (Fsp3) is 0. The second kappa shape index (κ2) is 5.49. The topological polar surface area (TPSA) is 115 Å². The van der Waals surface area contributed by atoms with Crippen LogP contribution >= 0.6 is 11.6 Å². The minimum absolute atomic E-state index is 0.00880. The van der Waals surface area contributed by atoms with E-state index in [0.717, 1.165) is 18.4 Å². The molecule has 2 rings (SSSR count). The number of nitro groups is 1. The summed E-state index contributed by atoms with van der Waals surface area (Å²) < 4.78 is 4.52. The zero-order valence-corrected chi connectivity index (χ0v) is 10.5. The third kappa shape index (κ3) is 2.98. The van der Waals surface area contributed by atoms with Gasteiger partial charge in [0.25, 0.3) is 5.91 Å². The number of carbonyl (C=O) groups is 1. The van der Waals surface area contributed by atoms with Gasteiger partial charge in [-0.25, -0.2) is 9.78 Å². The number of amides is 1. The highest BCUT2D eigenvalue weighted by Gasteiger charge is 2.19. The molecule has 20 heavy (non-hydrogen) atoms. The van der Waals surface area contributed by atoms with Crippen molar-refractivity contribution in [2.75, 3.05) is 5.32 Å². The van der Waals surface area contributed by atoms with E-state index in [1.807, 2.05) is 0 Å². The second-order valence-corrected chi connectivity index (χ2v) is 3.94. The van der Waals surface area contributed by atoms with Gasteiger partial charge in [0.1, 0.15) is 11.4 Å². The van der Waals surface area contributed by atoms with Crippen LogP contribution in [0.4, 0.5) is 11.5 Å². The number of hydrogen-bond acceptors (Lipinski definition) is 6. The van der Waals surface area contributed by atoms with Gasteiger partial charge in [-0.1, -0.05) is 11.6 Å². The molecule has 1 amide bonds. The average molecular weight is 296 g/mol. The van der Waals surface area contributed by atoms with Crippen LogP contribution in [0.5, 0.6) is 0 Å². The van der Waals surface area contributed by atoms with Gasteiger partial charge in [0.2, 0.25) is 5.82 Å². The summed E-state index contributed by atoms with van der Waals surface area (Å²) in [5.74, 6) is -1.01. The molecular weight excluding hydrogens is 290 g/mol. The molecule has 0 aliphatic rings. The fourth-order valence-electron chi connectivity index (χ4n) is 1.33. The van der Waals surface area contributed by atoms with Gasteiger partial charge in [0.15, 0.2) is 0 Å². The van der Waals surface area contributed by atoms with Crippen LogP contribution in [0.2, 0.25) is 5.15 Å². The first-order valence-electron chi connectivity index (χ1n) is 5.18. The fourth-order valence-corrected chi connectivity index (χ4v) is 1.48. The van der Waals surface area contributed by atoms with Crippen molar-refractivity contribution in [2.24, 2.45) is 0 Å². The summed E-state index contributed by atoms with van der Waals surface area (Å²) in [4.78, 5) is 36.4. The summed E-state index contributed by atoms with van der Waals surface area (Å²) in [6, 6.07) is 4.62. The predicted molar refractivity (Wildman–Crippen MR) is 68.8 cm³/mol. The van der Waals surface area contributed by atoms with E-state index < -0.39 is 22.1 Å². The molecule has 0 unspecified atom stereocenters. The number of pyridine rings is 1.